The van der Waals surface area contributed by atoms with Crippen LogP contribution in [0.3, 0.4) is 0 Å². The summed E-state index contributed by atoms with van der Waals surface area (Å²) in [6.45, 7) is 5.01. The minimum absolute atomic E-state index is 0.307. The number of nitrogens with zero attached hydrogens (tertiary/aromatic N) is 4. The van der Waals surface area contributed by atoms with Gasteiger partial charge in [0.05, 0.1) is 17.9 Å². The van der Waals surface area contributed by atoms with Crippen molar-refractivity contribution < 1.29 is 13.3 Å². The van der Waals surface area contributed by atoms with E-state index in [2.05, 4.69) is 20.4 Å². The third-order valence-electron chi connectivity index (χ3n) is 4.43. The molecule has 6 nitrogen and oxygen atoms in total. The zero-order chi connectivity index (χ0) is 18.5. The van der Waals surface area contributed by atoms with Crippen LogP contribution in [0.4, 0.5) is 14.5 Å². The predicted octanol–water partition coefficient (Wildman–Crippen LogP) is 2.41. The molecule has 1 aromatic heterocycles. The zero-order valence-corrected chi connectivity index (χ0v) is 15.0. The van der Waals surface area contributed by atoms with Crippen molar-refractivity contribution >= 4 is 11.6 Å². The normalized spacial score (nSPS) is 15.5. The molecule has 26 heavy (non-hydrogen) atoms. The Kier molecular flexibility index (Phi) is 5.70. The summed E-state index contributed by atoms with van der Waals surface area (Å²) in [4.78, 5) is 8.24. The molecular weight excluding hydrogens is 340 g/mol. The molecule has 140 valence electrons. The molecule has 0 saturated carbocycles. The largest absolute Gasteiger partial charge is 0.366 e. The van der Waals surface area contributed by atoms with E-state index < -0.39 is 11.6 Å². The second-order valence-electron chi connectivity index (χ2n) is 6.11. The Bertz CT molecular complexity index is 769. The Morgan fingerprint density at radius 3 is 2.65 bits per heavy atom. The Balaban J connectivity index is 1.56. The molecule has 2 heterocycles. The van der Waals surface area contributed by atoms with Gasteiger partial charge in [-0.1, -0.05) is 12.1 Å². The minimum atomic E-state index is -0.431. The molecule has 0 radical (unpaired) electrons. The number of benzene rings is 1. The lowest BCUT2D eigenvalue weighted by Gasteiger charge is -2.37. The Labute approximate surface area is 151 Å². The van der Waals surface area contributed by atoms with Crippen LogP contribution in [0.1, 0.15) is 18.4 Å². The SMILES string of the molecule is CCc1cc(CNC(=NC)N2CCN(c3cc(F)ccc3F)CC2)on1. The maximum absolute atomic E-state index is 13.9. The van der Waals surface area contributed by atoms with Gasteiger partial charge < -0.3 is 19.6 Å². The summed E-state index contributed by atoms with van der Waals surface area (Å²) in [6, 6.07) is 5.46. The number of guanidine groups is 1. The predicted molar refractivity (Wildman–Crippen MR) is 96.2 cm³/mol. The molecule has 1 saturated heterocycles. The molecule has 0 amide bonds. The molecule has 1 N–H and O–H groups in total. The molecule has 0 spiro atoms. The molecule has 1 fully saturated rings. The zero-order valence-electron chi connectivity index (χ0n) is 15.0. The lowest BCUT2D eigenvalue weighted by Crippen LogP contribution is -2.52. The van der Waals surface area contributed by atoms with Crippen molar-refractivity contribution in [2.24, 2.45) is 4.99 Å². The van der Waals surface area contributed by atoms with Gasteiger partial charge in [-0.05, 0) is 18.6 Å². The molecular formula is C18H23F2N5O. The molecule has 0 unspecified atom stereocenters. The minimum Gasteiger partial charge on any atom is -0.366 e. The Hall–Kier alpha value is -2.64. The van der Waals surface area contributed by atoms with Gasteiger partial charge >= 0.3 is 0 Å². The first-order valence-electron chi connectivity index (χ1n) is 8.70. The van der Waals surface area contributed by atoms with E-state index in [9.17, 15) is 8.78 Å². The first-order valence-corrected chi connectivity index (χ1v) is 8.70. The van der Waals surface area contributed by atoms with Crippen molar-refractivity contribution in [2.75, 3.05) is 38.1 Å². The van der Waals surface area contributed by atoms with E-state index in [1.165, 1.54) is 12.1 Å². The first kappa shape index (κ1) is 18.2. The van der Waals surface area contributed by atoms with Gasteiger partial charge in [0.2, 0.25) is 0 Å². The van der Waals surface area contributed by atoms with Crippen LogP contribution in [0.25, 0.3) is 0 Å². The van der Waals surface area contributed by atoms with Gasteiger partial charge in [0.15, 0.2) is 11.7 Å². The van der Waals surface area contributed by atoms with Gasteiger partial charge in [0.1, 0.15) is 11.6 Å². The van der Waals surface area contributed by atoms with Crippen molar-refractivity contribution in [1.82, 2.24) is 15.4 Å². The highest BCUT2D eigenvalue weighted by Gasteiger charge is 2.22. The molecule has 1 aliphatic rings. The van der Waals surface area contributed by atoms with Crippen LogP contribution in [0.2, 0.25) is 0 Å². The van der Waals surface area contributed by atoms with Gasteiger partial charge in [-0.2, -0.15) is 0 Å². The first-order chi connectivity index (χ1) is 12.6. The Morgan fingerprint density at radius 2 is 2.00 bits per heavy atom. The second-order valence-corrected chi connectivity index (χ2v) is 6.11. The summed E-state index contributed by atoms with van der Waals surface area (Å²) in [5.41, 5.74) is 1.23. The summed E-state index contributed by atoms with van der Waals surface area (Å²) in [7, 11) is 1.72. The summed E-state index contributed by atoms with van der Waals surface area (Å²) < 4.78 is 32.6. The molecule has 3 rings (SSSR count). The monoisotopic (exact) mass is 363 g/mol. The average Bonchev–Trinajstić information content (AvgIpc) is 3.13. The van der Waals surface area contributed by atoms with Crippen LogP contribution in [0.5, 0.6) is 0 Å². The maximum Gasteiger partial charge on any atom is 0.194 e. The fraction of sp³-hybridized carbons (Fsp3) is 0.444. The van der Waals surface area contributed by atoms with Gasteiger partial charge in [0, 0.05) is 45.4 Å². The van der Waals surface area contributed by atoms with E-state index in [-0.39, 0.29) is 0 Å². The number of aliphatic imine (C=N–C) groups is 1. The van der Waals surface area contributed by atoms with E-state index in [0.29, 0.717) is 38.4 Å². The molecule has 1 aromatic carbocycles. The third kappa shape index (κ3) is 4.12. The number of aromatic nitrogens is 1. The van der Waals surface area contributed by atoms with Gasteiger partial charge in [-0.3, -0.25) is 4.99 Å². The van der Waals surface area contributed by atoms with Crippen molar-refractivity contribution in [3.05, 3.63) is 47.4 Å². The Morgan fingerprint density at radius 1 is 1.23 bits per heavy atom. The number of aryl methyl sites for hydroxylation is 1. The molecule has 0 aliphatic carbocycles. The molecule has 2 aromatic rings. The highest BCUT2D eigenvalue weighted by Crippen LogP contribution is 2.22. The average molecular weight is 363 g/mol. The molecule has 8 heteroatoms. The summed E-state index contributed by atoms with van der Waals surface area (Å²) in [6.07, 6.45) is 0.830. The maximum atomic E-state index is 13.9. The van der Waals surface area contributed by atoms with Crippen LogP contribution in [-0.2, 0) is 13.0 Å². The van der Waals surface area contributed by atoms with Gasteiger partial charge in [0.25, 0.3) is 0 Å². The topological polar surface area (TPSA) is 56.9 Å². The fourth-order valence-electron chi connectivity index (χ4n) is 2.99. The highest BCUT2D eigenvalue weighted by atomic mass is 19.1. The number of rotatable bonds is 4. The second kappa shape index (κ2) is 8.16. The van der Waals surface area contributed by atoms with Crippen LogP contribution in [0, 0.1) is 11.6 Å². The van der Waals surface area contributed by atoms with Crippen molar-refractivity contribution in [3.8, 4) is 0 Å². The number of hydrogen-bond donors (Lipinski definition) is 1. The summed E-state index contributed by atoms with van der Waals surface area (Å²) in [5.74, 6) is 0.668. The number of nitrogens with one attached hydrogen (secondary N) is 1. The van der Waals surface area contributed by atoms with E-state index in [1.807, 2.05) is 17.9 Å². The number of piperazine rings is 1. The van der Waals surface area contributed by atoms with E-state index in [0.717, 1.165) is 29.9 Å². The van der Waals surface area contributed by atoms with Gasteiger partial charge in [-0.25, -0.2) is 8.78 Å². The highest BCUT2D eigenvalue weighted by molar-refractivity contribution is 5.80. The van der Waals surface area contributed by atoms with E-state index >= 15 is 0 Å². The lowest BCUT2D eigenvalue weighted by atomic mass is 10.2. The van der Waals surface area contributed by atoms with E-state index in [4.69, 9.17) is 4.52 Å². The van der Waals surface area contributed by atoms with Crippen LogP contribution in [-0.4, -0.2) is 49.2 Å². The number of hydrogen-bond acceptors (Lipinski definition) is 4. The van der Waals surface area contributed by atoms with Gasteiger partial charge in [-0.15, -0.1) is 0 Å². The van der Waals surface area contributed by atoms with Crippen molar-refractivity contribution in [2.45, 2.75) is 19.9 Å². The standard InChI is InChI=1S/C18H23F2N5O/c1-3-14-11-15(26-23-14)12-22-18(21-2)25-8-6-24(7-9-25)17-10-13(19)4-5-16(17)20/h4-5,10-11H,3,6-9,12H2,1-2H3,(H,21,22). The number of halogens is 2. The molecule has 0 bridgehead atoms. The van der Waals surface area contributed by atoms with Crippen molar-refractivity contribution in [1.29, 1.82) is 0 Å². The van der Waals surface area contributed by atoms with Crippen LogP contribution >= 0.6 is 0 Å². The molecule has 0 atom stereocenters. The smallest absolute Gasteiger partial charge is 0.194 e. The van der Waals surface area contributed by atoms with E-state index in [1.54, 1.807) is 7.05 Å². The molecule has 1 aliphatic heterocycles. The third-order valence-corrected chi connectivity index (χ3v) is 4.43. The lowest BCUT2D eigenvalue weighted by molar-refractivity contribution is 0.355. The fourth-order valence-corrected chi connectivity index (χ4v) is 2.99. The number of anilines is 1. The van der Waals surface area contributed by atoms with Crippen molar-refractivity contribution in [3.63, 3.8) is 0 Å². The summed E-state index contributed by atoms with van der Waals surface area (Å²) >= 11 is 0. The quantitative estimate of drug-likeness (QED) is 0.668. The van der Waals surface area contributed by atoms with Crippen LogP contribution < -0.4 is 10.2 Å². The van der Waals surface area contributed by atoms with Crippen LogP contribution in [0.15, 0.2) is 33.8 Å². The summed E-state index contributed by atoms with van der Waals surface area (Å²) in [5, 5.41) is 7.23.